The van der Waals surface area contributed by atoms with Gasteiger partial charge >= 0.3 is 11.7 Å². The monoisotopic (exact) mass is 879 g/mol. The van der Waals surface area contributed by atoms with Gasteiger partial charge in [0.2, 0.25) is 11.8 Å². The van der Waals surface area contributed by atoms with E-state index in [1.165, 1.54) is 0 Å². The number of unbranched alkanes of at least 4 members (excludes halogenated alkanes) is 1. The molecule has 16 heteroatoms. The zero-order chi connectivity index (χ0) is 38.9. The second-order valence-corrected chi connectivity index (χ2v) is 15.7. The van der Waals surface area contributed by atoms with Crippen LogP contribution < -0.4 is 27.0 Å². The van der Waals surface area contributed by atoms with Crippen molar-refractivity contribution >= 4 is 55.4 Å². The summed E-state index contributed by atoms with van der Waals surface area (Å²) in [6.07, 6.45) is 8.28. The number of imidazole rings is 1. The van der Waals surface area contributed by atoms with E-state index in [4.69, 9.17) is 5.73 Å². The number of halogens is 2. The summed E-state index contributed by atoms with van der Waals surface area (Å²) in [5.41, 5.74) is 8.96. The highest BCUT2D eigenvalue weighted by atomic mass is 79.9. The van der Waals surface area contributed by atoms with E-state index in [9.17, 15) is 24.3 Å². The molecule has 4 heterocycles. The number of anilines is 1. The molecule has 2 atom stereocenters. The van der Waals surface area contributed by atoms with E-state index in [-0.39, 0.29) is 29.8 Å². The van der Waals surface area contributed by atoms with Gasteiger partial charge in [0, 0.05) is 76.0 Å². The van der Waals surface area contributed by atoms with Crippen LogP contribution in [0.25, 0.3) is 11.3 Å². The molecule has 2 fully saturated rings. The minimum Gasteiger partial charge on any atom is -0.506 e. The number of benzene rings is 2. The number of piperazine rings is 1. The van der Waals surface area contributed by atoms with Gasteiger partial charge in [-0.25, -0.2) is 9.59 Å². The molecule has 0 radical (unpaired) electrons. The molecular formula is C39H47Br2N9O5. The first kappa shape index (κ1) is 40.0. The lowest BCUT2D eigenvalue weighted by molar-refractivity contribution is -0.137. The van der Waals surface area contributed by atoms with Gasteiger partial charge in [0.25, 0.3) is 0 Å². The number of amides is 4. The Bertz CT molecular complexity index is 1960. The van der Waals surface area contributed by atoms with Crippen LogP contribution in [0.5, 0.6) is 5.75 Å². The van der Waals surface area contributed by atoms with Crippen LogP contribution in [0, 0.1) is 0 Å². The Morgan fingerprint density at radius 1 is 0.891 bits per heavy atom. The Balaban J connectivity index is 1.14. The maximum absolute atomic E-state index is 14.2. The fraction of sp³-hybridized carbons (Fsp3) is 0.410. The molecule has 0 unspecified atom stereocenters. The van der Waals surface area contributed by atoms with E-state index >= 15 is 0 Å². The lowest BCUT2D eigenvalue weighted by Gasteiger charge is -2.38. The lowest BCUT2D eigenvalue weighted by Crippen LogP contribution is -2.59. The lowest BCUT2D eigenvalue weighted by atomic mass is 10.0. The van der Waals surface area contributed by atoms with Gasteiger partial charge in [0.05, 0.1) is 14.6 Å². The third-order valence-corrected chi connectivity index (χ3v) is 11.5. The van der Waals surface area contributed by atoms with Gasteiger partial charge in [-0.1, -0.05) is 30.3 Å². The minimum absolute atomic E-state index is 0.0173. The predicted octanol–water partition coefficient (Wildman–Crippen LogP) is 4.39. The molecule has 0 bridgehead atoms. The van der Waals surface area contributed by atoms with Crippen molar-refractivity contribution in [2.24, 2.45) is 5.73 Å². The Morgan fingerprint density at radius 3 is 2.22 bits per heavy atom. The largest absolute Gasteiger partial charge is 0.506 e. The standard InChI is InChI=1S/C39H47Br2N9O5/c40-30-22-26(23-31(41)35(30)51)24-33(45-38(54)49-16-11-29(12-17-49)50-25-34(46-39(50)55)27-6-2-1-3-7-27)36(52)44-32(8-4-5-13-42)37(53)48-20-18-47(19-21-48)28-9-14-43-15-10-28/h1-3,6-7,9-10,14-15,22-23,25,29,32-33,51H,4-5,8,11-13,16-21,24,42H2,(H,44,52)(H,45,54)(H,46,55)/t32-,33-/m0/s1. The minimum atomic E-state index is -1.04. The van der Waals surface area contributed by atoms with Crippen molar-refractivity contribution in [1.82, 2.24) is 35.0 Å². The number of piperidine rings is 1. The summed E-state index contributed by atoms with van der Waals surface area (Å²) in [5, 5.41) is 16.3. The topological polar surface area (TPSA) is 182 Å². The summed E-state index contributed by atoms with van der Waals surface area (Å²) in [6, 6.07) is 14.6. The number of carbonyl (C=O) groups excluding carboxylic acids is 3. The molecule has 4 amide bonds. The van der Waals surface area contributed by atoms with E-state index in [2.05, 4.69) is 57.4 Å². The van der Waals surface area contributed by atoms with Crippen molar-refractivity contribution in [2.45, 2.75) is 56.7 Å². The molecule has 2 aromatic carbocycles. The number of aromatic nitrogens is 3. The van der Waals surface area contributed by atoms with Gasteiger partial charge in [0.1, 0.15) is 17.8 Å². The fourth-order valence-electron chi connectivity index (χ4n) is 7.20. The van der Waals surface area contributed by atoms with Crippen molar-refractivity contribution in [3.63, 3.8) is 0 Å². The summed E-state index contributed by atoms with van der Waals surface area (Å²) in [6.45, 7) is 3.51. The number of phenols is 1. The van der Waals surface area contributed by atoms with Gasteiger partial charge in [-0.2, -0.15) is 0 Å². The molecule has 2 saturated heterocycles. The van der Waals surface area contributed by atoms with E-state index in [0.29, 0.717) is 92.4 Å². The molecule has 0 saturated carbocycles. The van der Waals surface area contributed by atoms with E-state index in [1.807, 2.05) is 48.7 Å². The zero-order valence-corrected chi connectivity index (χ0v) is 33.7. The molecule has 6 N–H and O–H groups in total. The summed E-state index contributed by atoms with van der Waals surface area (Å²) in [5.74, 6) is -0.640. The quantitative estimate of drug-likeness (QED) is 0.123. The van der Waals surface area contributed by atoms with Crippen LogP contribution in [0.2, 0.25) is 0 Å². The fourth-order valence-corrected chi connectivity index (χ4v) is 8.48. The number of hydrogen-bond acceptors (Lipinski definition) is 8. The molecule has 0 aliphatic carbocycles. The molecule has 2 aliphatic rings. The van der Waals surface area contributed by atoms with Crippen LogP contribution in [0.3, 0.4) is 0 Å². The number of nitrogens with one attached hydrogen (secondary N) is 3. The summed E-state index contributed by atoms with van der Waals surface area (Å²) in [7, 11) is 0. The first-order valence-corrected chi connectivity index (χ1v) is 20.2. The number of aromatic amines is 1. The van der Waals surface area contributed by atoms with E-state index < -0.39 is 24.0 Å². The van der Waals surface area contributed by atoms with Crippen molar-refractivity contribution in [2.75, 3.05) is 50.7 Å². The maximum Gasteiger partial charge on any atom is 0.326 e. The number of aromatic hydroxyl groups is 1. The first-order valence-electron chi connectivity index (χ1n) is 18.6. The molecular weight excluding hydrogens is 834 g/mol. The summed E-state index contributed by atoms with van der Waals surface area (Å²) >= 11 is 6.74. The van der Waals surface area contributed by atoms with Crippen LogP contribution in [-0.4, -0.2) is 105 Å². The second-order valence-electron chi connectivity index (χ2n) is 13.9. The first-order chi connectivity index (χ1) is 26.6. The van der Waals surface area contributed by atoms with Crippen LogP contribution >= 0.6 is 31.9 Å². The predicted molar refractivity (Wildman–Crippen MR) is 218 cm³/mol. The number of hydrogen-bond donors (Lipinski definition) is 5. The maximum atomic E-state index is 14.2. The number of rotatable bonds is 13. The van der Waals surface area contributed by atoms with Crippen LogP contribution in [0.15, 0.2) is 86.9 Å². The molecule has 6 rings (SSSR count). The second kappa shape index (κ2) is 18.8. The number of urea groups is 1. The Hall–Kier alpha value is -4.67. The molecule has 14 nitrogen and oxygen atoms in total. The highest BCUT2D eigenvalue weighted by Gasteiger charge is 2.33. The van der Waals surface area contributed by atoms with Crippen LogP contribution in [0.1, 0.15) is 43.7 Å². The number of carbonyl (C=O) groups is 3. The highest BCUT2D eigenvalue weighted by Crippen LogP contribution is 2.34. The Labute approximate surface area is 336 Å². The number of pyridine rings is 1. The highest BCUT2D eigenvalue weighted by molar-refractivity contribution is 9.11. The molecule has 2 aromatic heterocycles. The number of nitrogens with two attached hydrogens (primary N) is 1. The summed E-state index contributed by atoms with van der Waals surface area (Å²) < 4.78 is 2.57. The van der Waals surface area contributed by atoms with Gasteiger partial charge < -0.3 is 41.2 Å². The third kappa shape index (κ3) is 10.2. The Kier molecular flexibility index (Phi) is 13.7. The van der Waals surface area contributed by atoms with Gasteiger partial charge in [-0.15, -0.1) is 0 Å². The number of nitrogens with zero attached hydrogens (tertiary/aromatic N) is 5. The molecule has 55 heavy (non-hydrogen) atoms. The molecule has 292 valence electrons. The summed E-state index contributed by atoms with van der Waals surface area (Å²) in [4.78, 5) is 67.6. The third-order valence-electron chi connectivity index (χ3n) is 10.3. The number of H-pyrrole nitrogens is 1. The van der Waals surface area contributed by atoms with E-state index in [0.717, 1.165) is 16.9 Å². The average Bonchev–Trinajstić information content (AvgIpc) is 3.61. The van der Waals surface area contributed by atoms with Crippen LogP contribution in [-0.2, 0) is 16.0 Å². The van der Waals surface area contributed by atoms with Gasteiger partial charge in [0.15, 0.2) is 0 Å². The average molecular weight is 882 g/mol. The number of phenolic OH excluding ortho intramolecular Hbond substituents is 1. The molecule has 0 spiro atoms. The Morgan fingerprint density at radius 2 is 1.56 bits per heavy atom. The van der Waals surface area contributed by atoms with E-state index in [1.54, 1.807) is 38.9 Å². The smallest absolute Gasteiger partial charge is 0.326 e. The molecule has 2 aliphatic heterocycles. The van der Waals surface area contributed by atoms with Crippen molar-refractivity contribution in [1.29, 1.82) is 0 Å². The van der Waals surface area contributed by atoms with Gasteiger partial charge in [-0.3, -0.25) is 19.1 Å². The molecule has 4 aromatic rings. The van der Waals surface area contributed by atoms with Gasteiger partial charge in [-0.05, 0) is 106 Å². The van der Waals surface area contributed by atoms with Crippen molar-refractivity contribution in [3.8, 4) is 17.0 Å². The SMILES string of the molecule is NCCCC[C@H](NC(=O)[C@H](Cc1cc(Br)c(O)c(Br)c1)NC(=O)N1CCC(n2cc(-c3ccccc3)[nH]c2=O)CC1)C(=O)N1CCN(c2ccncc2)CC1. The zero-order valence-electron chi connectivity index (χ0n) is 30.5. The van der Waals surface area contributed by atoms with Crippen LogP contribution in [0.4, 0.5) is 10.5 Å². The number of likely N-dealkylation sites (tertiary alicyclic amines) is 1. The normalized spacial score (nSPS) is 16.1. The van der Waals surface area contributed by atoms with Crippen molar-refractivity contribution in [3.05, 3.63) is 98.2 Å². The van der Waals surface area contributed by atoms with Crippen molar-refractivity contribution < 1.29 is 19.5 Å².